The molecule has 0 bridgehead atoms. The second-order valence-corrected chi connectivity index (χ2v) is 15.1. The number of aromatic hydroxyl groups is 1. The lowest BCUT2D eigenvalue weighted by atomic mass is 9.95. The van der Waals surface area contributed by atoms with Crippen LogP contribution in [-0.4, -0.2) is 107 Å². The molecule has 0 heterocycles. The van der Waals surface area contributed by atoms with Gasteiger partial charge in [0.15, 0.2) is 11.7 Å². The van der Waals surface area contributed by atoms with Crippen LogP contribution in [0.3, 0.4) is 0 Å². The zero-order valence-electron chi connectivity index (χ0n) is 34.3. The molecule has 6 atom stereocenters. The first kappa shape index (κ1) is 49.8. The lowest BCUT2D eigenvalue weighted by Gasteiger charge is -2.29. The van der Waals surface area contributed by atoms with E-state index in [1.165, 1.54) is 12.1 Å². The number of guanidine groups is 1. The second kappa shape index (κ2) is 26.7. The number of aliphatic carboxylic acids is 1. The molecule has 2 rings (SSSR count). The quantitative estimate of drug-likeness (QED) is 0.0185. The number of carbonyl (C=O) groups is 7. The highest BCUT2D eigenvalue weighted by Gasteiger charge is 2.34. The normalized spacial score (nSPS) is 15.9. The highest BCUT2D eigenvalue weighted by Crippen LogP contribution is 2.21. The molecule has 14 N–H and O–H groups in total. The fraction of sp³-hybridized carbons (Fsp3) is 0.650. The molecular formula is C40H65N9O10. The summed E-state index contributed by atoms with van der Waals surface area (Å²) in [6.45, 7) is 4.03. The molecule has 59 heavy (non-hydrogen) atoms. The second-order valence-electron chi connectivity index (χ2n) is 15.1. The lowest BCUT2D eigenvalue weighted by Crippen LogP contribution is -2.59. The summed E-state index contributed by atoms with van der Waals surface area (Å²) in [5.41, 5.74) is 23.0. The minimum atomic E-state index is -1.45. The lowest BCUT2D eigenvalue weighted by molar-refractivity contribution is -0.153. The van der Waals surface area contributed by atoms with Crippen LogP contribution in [0, 0.1) is 5.92 Å². The van der Waals surface area contributed by atoms with Crippen LogP contribution in [-0.2, 0) is 44.7 Å². The SMILES string of the molecule is CC[C@H](C)[C@H](NC(=O)[C@H](CCC(=O)O)NC(=O)[C@H](CCCCN)NC(=O)[C@@H](N)CCCN=C(N)N)C(=O)N[C@@H](Cc1ccc(O)cc1)C(=O)CC(=O)OC1CCCCC1. The van der Waals surface area contributed by atoms with Crippen molar-refractivity contribution in [2.24, 2.45) is 33.8 Å². The summed E-state index contributed by atoms with van der Waals surface area (Å²) in [4.78, 5) is 96.5. The van der Waals surface area contributed by atoms with Gasteiger partial charge in [0.05, 0.1) is 12.1 Å². The number of carboxylic acids is 1. The number of phenols is 1. The van der Waals surface area contributed by atoms with Crippen molar-refractivity contribution in [3.63, 3.8) is 0 Å². The maximum Gasteiger partial charge on any atom is 0.313 e. The molecule has 0 aromatic heterocycles. The van der Waals surface area contributed by atoms with Gasteiger partial charge in [0.25, 0.3) is 0 Å². The number of carbonyl (C=O) groups excluding carboxylic acids is 6. The van der Waals surface area contributed by atoms with E-state index in [2.05, 4.69) is 26.3 Å². The largest absolute Gasteiger partial charge is 0.508 e. The number of hydrogen-bond acceptors (Lipinski definition) is 12. The van der Waals surface area contributed by atoms with E-state index >= 15 is 0 Å². The number of unbranched alkanes of at least 4 members (excludes halogenated alkanes) is 1. The zero-order chi connectivity index (χ0) is 43.9. The Morgan fingerprint density at radius 2 is 1.42 bits per heavy atom. The number of nitrogens with one attached hydrogen (secondary N) is 4. The fourth-order valence-electron chi connectivity index (χ4n) is 6.51. The van der Waals surface area contributed by atoms with E-state index in [0.717, 1.165) is 19.3 Å². The molecule has 330 valence electrons. The molecule has 1 aromatic rings. The van der Waals surface area contributed by atoms with Crippen LogP contribution in [0.1, 0.15) is 109 Å². The van der Waals surface area contributed by atoms with Gasteiger partial charge in [-0.05, 0) is 101 Å². The van der Waals surface area contributed by atoms with Crippen LogP contribution in [0.25, 0.3) is 0 Å². The number of amides is 4. The van der Waals surface area contributed by atoms with E-state index in [-0.39, 0.29) is 50.0 Å². The van der Waals surface area contributed by atoms with E-state index in [0.29, 0.717) is 50.6 Å². The zero-order valence-corrected chi connectivity index (χ0v) is 34.3. The summed E-state index contributed by atoms with van der Waals surface area (Å²) in [5.74, 6) is -6.26. The first-order valence-electron chi connectivity index (χ1n) is 20.5. The summed E-state index contributed by atoms with van der Waals surface area (Å²) in [5, 5.41) is 29.8. The molecule has 0 spiro atoms. The van der Waals surface area contributed by atoms with Gasteiger partial charge in [-0.15, -0.1) is 0 Å². The number of nitrogens with zero attached hydrogens (tertiary/aromatic N) is 1. The van der Waals surface area contributed by atoms with Crippen LogP contribution in [0.2, 0.25) is 0 Å². The van der Waals surface area contributed by atoms with Crippen molar-refractivity contribution in [3.05, 3.63) is 29.8 Å². The Bertz CT molecular complexity index is 1570. The van der Waals surface area contributed by atoms with Crippen molar-refractivity contribution in [2.75, 3.05) is 13.1 Å². The minimum absolute atomic E-state index is 0.00959. The molecule has 0 aliphatic heterocycles. The number of hydrogen-bond donors (Lipinski definition) is 10. The van der Waals surface area contributed by atoms with Crippen LogP contribution in [0.4, 0.5) is 0 Å². The molecule has 19 nitrogen and oxygen atoms in total. The summed E-state index contributed by atoms with van der Waals surface area (Å²) in [6, 6.07) is -0.145. The molecule has 0 radical (unpaired) electrons. The van der Waals surface area contributed by atoms with Gasteiger partial charge in [-0.2, -0.15) is 0 Å². The van der Waals surface area contributed by atoms with Crippen molar-refractivity contribution >= 4 is 47.3 Å². The number of rotatable bonds is 27. The standard InChI is InChI=1S/C40H65N9O10/c1-3-24(2)35(39(58)48-31(22-25-14-16-26(50)17-15-25)32(51)23-34(54)59-27-10-5-4-6-11-27)49-38(57)30(18-19-33(52)53)47-37(56)29(13-7-8-20-41)46-36(55)28(42)12-9-21-45-40(43)44/h14-17,24,27-31,35,50H,3-13,18-23,41-42H2,1-2H3,(H,46,55)(H,47,56)(H,48,58)(H,49,57)(H,52,53)(H4,43,44,45)/t24-,28-,29-,30-,31-,35-/m0/s1. The number of esters is 1. The van der Waals surface area contributed by atoms with Gasteiger partial charge in [0, 0.05) is 13.0 Å². The fourth-order valence-corrected chi connectivity index (χ4v) is 6.51. The number of phenolic OH excluding ortho intramolecular Hbond substituents is 1. The number of aliphatic imine (C=N–C) groups is 1. The number of nitrogens with two attached hydrogens (primary N) is 4. The molecule has 1 fully saturated rings. The Labute approximate surface area is 345 Å². The van der Waals surface area contributed by atoms with E-state index in [9.17, 15) is 43.8 Å². The number of ketones is 1. The number of carboxylic acid groups (broad SMARTS) is 1. The molecule has 1 aliphatic rings. The Hall–Kier alpha value is -5.30. The van der Waals surface area contributed by atoms with Crippen LogP contribution in [0.15, 0.2) is 29.3 Å². The van der Waals surface area contributed by atoms with Crippen molar-refractivity contribution in [1.82, 2.24) is 21.3 Å². The summed E-state index contributed by atoms with van der Waals surface area (Å²) < 4.78 is 5.55. The maximum absolute atomic E-state index is 14.0. The Morgan fingerprint density at radius 1 is 0.814 bits per heavy atom. The first-order chi connectivity index (χ1) is 28.0. The molecule has 0 saturated heterocycles. The number of benzene rings is 1. The summed E-state index contributed by atoms with van der Waals surface area (Å²) >= 11 is 0. The van der Waals surface area contributed by atoms with Crippen molar-refractivity contribution in [2.45, 2.75) is 146 Å². The molecule has 1 saturated carbocycles. The topological polar surface area (TPSA) is 334 Å². The molecule has 4 amide bonds. The first-order valence-corrected chi connectivity index (χ1v) is 20.5. The molecule has 19 heteroatoms. The molecule has 0 unspecified atom stereocenters. The average Bonchev–Trinajstić information content (AvgIpc) is 3.19. The minimum Gasteiger partial charge on any atom is -0.508 e. The molecule has 1 aliphatic carbocycles. The van der Waals surface area contributed by atoms with E-state index < -0.39 is 90.3 Å². The number of Topliss-reactive ketones (excluding diaryl/α,β-unsaturated/α-hetero) is 1. The average molecular weight is 832 g/mol. The third-order valence-corrected chi connectivity index (χ3v) is 10.2. The number of ether oxygens (including phenoxy) is 1. The van der Waals surface area contributed by atoms with Crippen molar-refractivity contribution < 1.29 is 48.5 Å². The Kier molecular flexibility index (Phi) is 22.5. The van der Waals surface area contributed by atoms with Gasteiger partial charge in [-0.3, -0.25) is 38.6 Å². The van der Waals surface area contributed by atoms with Crippen molar-refractivity contribution in [1.29, 1.82) is 0 Å². The monoisotopic (exact) mass is 831 g/mol. The van der Waals surface area contributed by atoms with Gasteiger partial charge in [0.1, 0.15) is 36.4 Å². The predicted octanol–water partition coefficient (Wildman–Crippen LogP) is 0.130. The van der Waals surface area contributed by atoms with Crippen LogP contribution in [0.5, 0.6) is 5.75 Å². The molecule has 1 aromatic carbocycles. The van der Waals surface area contributed by atoms with E-state index in [4.69, 9.17) is 27.7 Å². The maximum atomic E-state index is 14.0. The summed E-state index contributed by atoms with van der Waals surface area (Å²) in [6.07, 6.45) is 4.54. The highest BCUT2D eigenvalue weighted by molar-refractivity contribution is 6.01. The third-order valence-electron chi connectivity index (χ3n) is 10.2. The van der Waals surface area contributed by atoms with E-state index in [1.54, 1.807) is 26.0 Å². The van der Waals surface area contributed by atoms with Crippen molar-refractivity contribution in [3.8, 4) is 5.75 Å². The van der Waals surface area contributed by atoms with Gasteiger partial charge in [0.2, 0.25) is 23.6 Å². The Morgan fingerprint density at radius 3 is 2.03 bits per heavy atom. The summed E-state index contributed by atoms with van der Waals surface area (Å²) in [7, 11) is 0. The smallest absolute Gasteiger partial charge is 0.313 e. The van der Waals surface area contributed by atoms with Crippen LogP contribution < -0.4 is 44.2 Å². The Balaban J connectivity index is 2.29. The van der Waals surface area contributed by atoms with Gasteiger partial charge < -0.3 is 59.2 Å². The predicted molar refractivity (Wildman–Crippen MR) is 219 cm³/mol. The van der Waals surface area contributed by atoms with Gasteiger partial charge in [-0.25, -0.2) is 0 Å². The third kappa shape index (κ3) is 19.3. The van der Waals surface area contributed by atoms with Crippen LogP contribution >= 0.6 is 0 Å². The van der Waals surface area contributed by atoms with E-state index in [1.807, 2.05) is 0 Å². The highest BCUT2D eigenvalue weighted by atomic mass is 16.5. The molecular weight excluding hydrogens is 766 g/mol. The van der Waals surface area contributed by atoms with Gasteiger partial charge in [-0.1, -0.05) is 38.8 Å². The van der Waals surface area contributed by atoms with Gasteiger partial charge >= 0.3 is 11.9 Å².